The number of benzene rings is 1. The monoisotopic (exact) mass is 336 g/mol. The molecule has 1 saturated heterocycles. The van der Waals surface area contributed by atoms with Crippen molar-refractivity contribution in [3.8, 4) is 5.75 Å². The molecule has 0 aliphatic carbocycles. The van der Waals surface area contributed by atoms with Crippen LogP contribution in [0.2, 0.25) is 0 Å². The first kappa shape index (κ1) is 18.7. The van der Waals surface area contributed by atoms with Crippen LogP contribution in [-0.4, -0.2) is 66.5 Å². The maximum atomic E-state index is 11.1. The van der Waals surface area contributed by atoms with Crippen molar-refractivity contribution in [2.45, 2.75) is 31.3 Å². The zero-order chi connectivity index (χ0) is 17.6. The average Bonchev–Trinajstić information content (AvgIpc) is 2.54. The molecule has 0 amide bonds. The fourth-order valence-corrected chi connectivity index (χ4v) is 2.97. The summed E-state index contributed by atoms with van der Waals surface area (Å²) >= 11 is 0. The number of nitrogens with zero attached hydrogens (tertiary/aromatic N) is 1. The average molecular weight is 336 g/mol. The maximum Gasteiger partial charge on any atom is 0.310 e. The van der Waals surface area contributed by atoms with Crippen molar-refractivity contribution < 1.29 is 19.7 Å². The molecule has 0 aromatic heterocycles. The number of carboxylic acids is 1. The summed E-state index contributed by atoms with van der Waals surface area (Å²) in [5.74, 6) is -0.720. The molecule has 1 aromatic rings. The third-order valence-corrected chi connectivity index (χ3v) is 4.57. The van der Waals surface area contributed by atoms with Gasteiger partial charge in [-0.05, 0) is 57.6 Å². The van der Waals surface area contributed by atoms with Gasteiger partial charge in [-0.2, -0.15) is 0 Å². The molecule has 1 unspecified atom stereocenters. The Labute approximate surface area is 143 Å². The Morgan fingerprint density at radius 1 is 1.42 bits per heavy atom. The quantitative estimate of drug-likeness (QED) is 0.664. The van der Waals surface area contributed by atoms with Crippen molar-refractivity contribution in [2.75, 3.05) is 39.8 Å². The standard InChI is InChI=1S/C18H28N2O4/c1-14(17(21)22)15-4-3-5-16(12-15)24-11-10-20(2)13-18(23)6-8-19-9-7-18/h3-5,12,14,19,23H,6-11,13H2,1-2H3,(H,21,22). The first-order valence-electron chi connectivity index (χ1n) is 8.47. The smallest absolute Gasteiger partial charge is 0.310 e. The summed E-state index contributed by atoms with van der Waals surface area (Å²) < 4.78 is 5.74. The van der Waals surface area contributed by atoms with Gasteiger partial charge in [-0.1, -0.05) is 12.1 Å². The Kier molecular flexibility index (Phi) is 6.60. The van der Waals surface area contributed by atoms with Crippen molar-refractivity contribution >= 4 is 5.97 Å². The van der Waals surface area contributed by atoms with E-state index in [9.17, 15) is 9.90 Å². The maximum absolute atomic E-state index is 11.1. The molecule has 6 heteroatoms. The molecule has 0 spiro atoms. The van der Waals surface area contributed by atoms with Crippen LogP contribution in [0, 0.1) is 0 Å². The number of hydrogen-bond acceptors (Lipinski definition) is 5. The number of hydrogen-bond donors (Lipinski definition) is 3. The summed E-state index contributed by atoms with van der Waals surface area (Å²) in [6, 6.07) is 7.22. The highest BCUT2D eigenvalue weighted by molar-refractivity contribution is 5.75. The minimum Gasteiger partial charge on any atom is -0.492 e. The summed E-state index contributed by atoms with van der Waals surface area (Å²) in [4.78, 5) is 13.1. The fraction of sp³-hybridized carbons (Fsp3) is 0.611. The van der Waals surface area contributed by atoms with Gasteiger partial charge < -0.3 is 25.2 Å². The van der Waals surface area contributed by atoms with Gasteiger partial charge in [0.15, 0.2) is 0 Å². The molecule has 0 radical (unpaired) electrons. The summed E-state index contributed by atoms with van der Waals surface area (Å²) in [5, 5.41) is 22.9. The number of aliphatic hydroxyl groups is 1. The molecule has 2 rings (SSSR count). The lowest BCUT2D eigenvalue weighted by atomic mass is 9.92. The van der Waals surface area contributed by atoms with Crippen molar-refractivity contribution in [3.63, 3.8) is 0 Å². The Morgan fingerprint density at radius 2 is 2.12 bits per heavy atom. The van der Waals surface area contributed by atoms with Gasteiger partial charge >= 0.3 is 5.97 Å². The van der Waals surface area contributed by atoms with E-state index in [0.717, 1.165) is 31.5 Å². The van der Waals surface area contributed by atoms with Crippen LogP contribution in [-0.2, 0) is 4.79 Å². The van der Waals surface area contributed by atoms with Gasteiger partial charge in [0.1, 0.15) is 12.4 Å². The Balaban J connectivity index is 1.79. The van der Waals surface area contributed by atoms with Gasteiger partial charge in [-0.3, -0.25) is 4.79 Å². The van der Waals surface area contributed by atoms with Crippen LogP contribution in [0.3, 0.4) is 0 Å². The molecule has 0 bridgehead atoms. The Hall–Kier alpha value is -1.63. The summed E-state index contributed by atoms with van der Waals surface area (Å²) in [6.07, 6.45) is 1.54. The molecule has 6 nitrogen and oxygen atoms in total. The third kappa shape index (κ3) is 5.47. The zero-order valence-corrected chi connectivity index (χ0v) is 14.5. The predicted molar refractivity (Wildman–Crippen MR) is 92.5 cm³/mol. The van der Waals surface area contributed by atoms with Crippen LogP contribution in [0.5, 0.6) is 5.75 Å². The van der Waals surface area contributed by atoms with Crippen LogP contribution in [0.25, 0.3) is 0 Å². The van der Waals surface area contributed by atoms with Crippen molar-refractivity contribution in [1.29, 1.82) is 0 Å². The number of piperidine rings is 1. The van der Waals surface area contributed by atoms with Crippen LogP contribution in [0.15, 0.2) is 24.3 Å². The molecule has 1 fully saturated rings. The summed E-state index contributed by atoms with van der Waals surface area (Å²) in [5.41, 5.74) is 0.119. The topological polar surface area (TPSA) is 82.0 Å². The van der Waals surface area contributed by atoms with Gasteiger partial charge in [0.2, 0.25) is 0 Å². The first-order chi connectivity index (χ1) is 11.4. The number of nitrogens with one attached hydrogen (secondary N) is 1. The van der Waals surface area contributed by atoms with Crippen LogP contribution < -0.4 is 10.1 Å². The van der Waals surface area contributed by atoms with Crippen molar-refractivity contribution in [1.82, 2.24) is 10.2 Å². The van der Waals surface area contributed by atoms with Gasteiger partial charge in [0.05, 0.1) is 11.5 Å². The Bertz CT molecular complexity index is 544. The normalized spacial score (nSPS) is 18.3. The van der Waals surface area contributed by atoms with Gasteiger partial charge in [0, 0.05) is 13.1 Å². The van der Waals surface area contributed by atoms with Gasteiger partial charge in [-0.15, -0.1) is 0 Å². The highest BCUT2D eigenvalue weighted by Gasteiger charge is 2.30. The van der Waals surface area contributed by atoms with Crippen molar-refractivity contribution in [2.24, 2.45) is 0 Å². The number of carboxylic acid groups (broad SMARTS) is 1. The predicted octanol–water partition coefficient (Wildman–Crippen LogP) is 1.30. The molecular weight excluding hydrogens is 308 g/mol. The molecular formula is C18H28N2O4. The van der Waals surface area contributed by atoms with Crippen LogP contribution in [0.4, 0.5) is 0 Å². The minimum atomic E-state index is -0.845. The van der Waals surface area contributed by atoms with Crippen LogP contribution in [0.1, 0.15) is 31.2 Å². The molecule has 1 aromatic carbocycles. The Morgan fingerprint density at radius 3 is 2.79 bits per heavy atom. The molecule has 24 heavy (non-hydrogen) atoms. The number of ether oxygens (including phenoxy) is 1. The van der Waals surface area contributed by atoms with E-state index in [0.29, 0.717) is 25.4 Å². The lowest BCUT2D eigenvalue weighted by Crippen LogP contribution is -2.49. The van der Waals surface area contributed by atoms with E-state index >= 15 is 0 Å². The van der Waals surface area contributed by atoms with E-state index < -0.39 is 17.5 Å². The van der Waals surface area contributed by atoms with E-state index in [1.54, 1.807) is 19.1 Å². The summed E-state index contributed by atoms with van der Waals surface area (Å²) in [7, 11) is 1.98. The zero-order valence-electron chi connectivity index (χ0n) is 14.5. The van der Waals surface area contributed by atoms with E-state index in [-0.39, 0.29) is 0 Å². The number of aliphatic carboxylic acids is 1. The SMILES string of the molecule is CC(C(=O)O)c1cccc(OCCN(C)CC2(O)CCNCC2)c1. The lowest BCUT2D eigenvalue weighted by Gasteiger charge is -2.35. The molecule has 1 aliphatic heterocycles. The highest BCUT2D eigenvalue weighted by atomic mass is 16.5. The molecule has 1 aliphatic rings. The number of likely N-dealkylation sites (N-methyl/N-ethyl adjacent to an activating group) is 1. The van der Waals surface area contributed by atoms with E-state index in [1.807, 2.05) is 19.2 Å². The first-order valence-corrected chi connectivity index (χ1v) is 8.47. The largest absolute Gasteiger partial charge is 0.492 e. The molecule has 0 saturated carbocycles. The van der Waals surface area contributed by atoms with Crippen LogP contribution >= 0.6 is 0 Å². The van der Waals surface area contributed by atoms with Crippen molar-refractivity contribution in [3.05, 3.63) is 29.8 Å². The molecule has 1 heterocycles. The molecule has 1 atom stereocenters. The molecule has 134 valence electrons. The summed E-state index contributed by atoms with van der Waals surface area (Å²) in [6.45, 7) is 5.21. The van der Waals surface area contributed by atoms with E-state index in [2.05, 4.69) is 10.2 Å². The van der Waals surface area contributed by atoms with E-state index in [4.69, 9.17) is 9.84 Å². The second kappa shape index (κ2) is 8.46. The second-order valence-electron chi connectivity index (χ2n) is 6.69. The third-order valence-electron chi connectivity index (χ3n) is 4.57. The number of rotatable bonds is 8. The van der Waals surface area contributed by atoms with Gasteiger partial charge in [-0.25, -0.2) is 0 Å². The lowest BCUT2D eigenvalue weighted by molar-refractivity contribution is -0.138. The fourth-order valence-electron chi connectivity index (χ4n) is 2.97. The minimum absolute atomic E-state index is 0.496. The number of carbonyl (C=O) groups is 1. The van der Waals surface area contributed by atoms with E-state index in [1.165, 1.54) is 0 Å². The van der Waals surface area contributed by atoms with Gasteiger partial charge in [0.25, 0.3) is 0 Å². The highest BCUT2D eigenvalue weighted by Crippen LogP contribution is 2.21. The molecule has 3 N–H and O–H groups in total. The second-order valence-corrected chi connectivity index (χ2v) is 6.69.